The summed E-state index contributed by atoms with van der Waals surface area (Å²) in [7, 11) is 0. The molecule has 13 nitrogen and oxygen atoms in total. The summed E-state index contributed by atoms with van der Waals surface area (Å²) in [6.45, 7) is 10.8. The molecule has 446 valence electrons. The van der Waals surface area contributed by atoms with Gasteiger partial charge in [0, 0.05) is 81.5 Å². The van der Waals surface area contributed by atoms with Gasteiger partial charge in [-0.25, -0.2) is 0 Å². The van der Waals surface area contributed by atoms with Crippen molar-refractivity contribution < 1.29 is 53.1 Å². The second kappa shape index (κ2) is 24.8. The van der Waals surface area contributed by atoms with Gasteiger partial charge in [-0.05, 0) is 150 Å². The Morgan fingerprint density at radius 3 is 1.61 bits per heavy atom. The molecule has 13 heteroatoms. The Morgan fingerprint density at radius 1 is 0.643 bits per heavy atom. The van der Waals surface area contributed by atoms with Crippen LogP contribution in [0.15, 0.2) is 84.9 Å². The van der Waals surface area contributed by atoms with Crippen molar-refractivity contribution in [1.82, 2.24) is 0 Å². The van der Waals surface area contributed by atoms with E-state index in [0.29, 0.717) is 114 Å². The Labute approximate surface area is 497 Å². The molecule has 4 saturated carbocycles. The van der Waals surface area contributed by atoms with Crippen LogP contribution in [0.1, 0.15) is 144 Å². The number of ketones is 1. The minimum Gasteiger partial charge on any atom is -0.632 e. The molecule has 6 aliphatic carbocycles. The summed E-state index contributed by atoms with van der Waals surface area (Å²) in [5.74, 6) is 14.7. The van der Waals surface area contributed by atoms with Gasteiger partial charge in [-0.3, -0.25) is 4.79 Å². The number of hydrogen-bond acceptors (Lipinski definition) is 11. The summed E-state index contributed by atoms with van der Waals surface area (Å²) in [6, 6.07) is 27.7. The van der Waals surface area contributed by atoms with Crippen LogP contribution in [-0.2, 0) is 55.5 Å². The standard InChI is InChI=1S/C29H35NO5.C29H33NO5.C5H4.C4H8O.C4H6/c2*31-22-11-10-21-17-24-29(34-16-4-7-19-5-2-1-3-6-19)13-12-23(32)27-28(29,25(21)26(22)35-27)14-15-30(24,33)18-20-8-9-20;1-3-5-4-2;1-2-4-5-3-1;1-3-4-2/h1-3,5-6,10-11,20,23-24,27,31-32H,4,7-9,12-18H2;1-3,5-6,10-11,20,24,27,31H,4,7-9,12-18H2;1H,2H3;1-4H2;1-2H3/t23-,24+,27-,28-,29+,30?;24-,27+,28+,29-,30?;;;/m01.../s1. The molecule has 4 aromatic carbocycles. The Kier molecular flexibility index (Phi) is 17.7. The highest BCUT2D eigenvalue weighted by molar-refractivity contribution is 5.90. The van der Waals surface area contributed by atoms with Crippen molar-refractivity contribution in [2.24, 2.45) is 11.8 Å². The normalized spacial score (nSPS) is 33.1. The van der Waals surface area contributed by atoms with Crippen molar-refractivity contribution in [3.8, 4) is 59.0 Å². The molecule has 2 unspecified atom stereocenters. The van der Waals surface area contributed by atoms with Gasteiger partial charge in [-0.2, -0.15) is 0 Å². The molecule has 11 atom stereocenters. The molecule has 0 radical (unpaired) electrons. The van der Waals surface area contributed by atoms with Crippen LogP contribution in [0.4, 0.5) is 0 Å². The van der Waals surface area contributed by atoms with Crippen LogP contribution in [0, 0.1) is 58.3 Å². The van der Waals surface area contributed by atoms with Crippen molar-refractivity contribution in [2.75, 3.05) is 52.6 Å². The summed E-state index contributed by atoms with van der Waals surface area (Å²) in [4.78, 5) is 13.3. The first kappa shape index (κ1) is 59.8. The van der Waals surface area contributed by atoms with Crippen LogP contribution >= 0.6 is 0 Å². The van der Waals surface area contributed by atoms with E-state index in [9.17, 15) is 30.5 Å². The number of aryl methyl sites for hydroxylation is 2. The number of Topliss-reactive ketones (excluding diaryl/α,β-unsaturated/α-hetero) is 1. The first-order valence-corrected chi connectivity index (χ1v) is 31.3. The smallest absolute Gasteiger partial charge is 0.174 e. The zero-order valence-corrected chi connectivity index (χ0v) is 49.6. The van der Waals surface area contributed by atoms with E-state index < -0.39 is 40.3 Å². The molecule has 0 amide bonds. The SMILES string of the molecule is C#CC#CC.C1CCOC1.CC#CC.O=C1CC[C@@]2(OCCCc3ccccc3)[C@H]3Cc4ccc(O)c5c4[C@@]2(CC[N+]3([O-])CC2CC2)[C@H]1O5.[O-][N+]1(CC2CC2)CC[C@]23c4c5ccc(O)c4O[C@H]2[C@@H](O)CC[C@@]3(OCCCc2ccccc2)[C@H]1C5. The van der Waals surface area contributed by atoms with Gasteiger partial charge in [0.2, 0.25) is 0 Å². The number of ether oxygens (including phenoxy) is 5. The summed E-state index contributed by atoms with van der Waals surface area (Å²) < 4.78 is 31.2. The van der Waals surface area contributed by atoms with Gasteiger partial charge < -0.3 is 58.7 Å². The van der Waals surface area contributed by atoms with E-state index in [0.717, 1.165) is 86.8 Å². The number of hydroxylamine groups is 6. The van der Waals surface area contributed by atoms with Gasteiger partial charge in [-0.15, -0.1) is 18.3 Å². The van der Waals surface area contributed by atoms with Gasteiger partial charge >= 0.3 is 0 Å². The molecule has 5 aliphatic heterocycles. The highest BCUT2D eigenvalue weighted by Gasteiger charge is 2.79. The maximum absolute atomic E-state index is 14.6. The fraction of sp³-hybridized carbons (Fsp3) is 0.563. The van der Waals surface area contributed by atoms with Gasteiger partial charge in [-0.1, -0.05) is 78.7 Å². The van der Waals surface area contributed by atoms with E-state index in [4.69, 9.17) is 30.1 Å². The number of likely N-dealkylation sites (tertiary alicyclic amines) is 2. The highest BCUT2D eigenvalue weighted by Crippen LogP contribution is 2.69. The van der Waals surface area contributed by atoms with Gasteiger partial charge in [0.25, 0.3) is 0 Å². The fourth-order valence-corrected chi connectivity index (χ4v) is 16.7. The van der Waals surface area contributed by atoms with Crippen LogP contribution in [0.25, 0.3) is 0 Å². The number of aliphatic hydroxyl groups is 1. The number of phenolic OH excluding ortho intramolecular Hbond substituents is 2. The van der Waals surface area contributed by atoms with Crippen molar-refractivity contribution in [3.63, 3.8) is 0 Å². The predicted octanol–water partition coefficient (Wildman–Crippen LogP) is 10.7. The maximum Gasteiger partial charge on any atom is 0.174 e. The van der Waals surface area contributed by atoms with Crippen LogP contribution in [0.5, 0.6) is 23.0 Å². The highest BCUT2D eigenvalue weighted by atomic mass is 16.6. The zero-order valence-electron chi connectivity index (χ0n) is 49.6. The fourth-order valence-electron chi connectivity index (χ4n) is 16.7. The molecule has 3 saturated heterocycles. The Balaban J connectivity index is 0.000000143. The van der Waals surface area contributed by atoms with Crippen molar-refractivity contribution in [3.05, 3.63) is 129 Å². The number of nitrogens with zero attached hydrogens (tertiary/aromatic N) is 2. The van der Waals surface area contributed by atoms with Crippen LogP contribution in [0.3, 0.4) is 0 Å². The van der Waals surface area contributed by atoms with Crippen LogP contribution in [-0.4, -0.2) is 125 Å². The molecule has 5 heterocycles. The molecule has 11 aliphatic rings. The molecule has 7 fully saturated rings. The molecular weight excluding hydrogens is 1060 g/mol. The van der Waals surface area contributed by atoms with E-state index >= 15 is 0 Å². The van der Waals surface area contributed by atoms with Crippen molar-refractivity contribution >= 4 is 5.78 Å². The number of hydrogen-bond donors (Lipinski definition) is 3. The lowest BCUT2D eigenvalue weighted by atomic mass is 9.48. The lowest BCUT2D eigenvalue weighted by molar-refractivity contribution is -0.924. The van der Waals surface area contributed by atoms with E-state index in [1.165, 1.54) is 24.0 Å². The molecule has 3 N–H and O–H groups in total. The second-order valence-electron chi connectivity index (χ2n) is 25.5. The lowest BCUT2D eigenvalue weighted by Crippen LogP contribution is -2.81. The topological polar surface area (TPSA) is 170 Å². The average molecular weight is 1140 g/mol. The lowest BCUT2D eigenvalue weighted by Gasteiger charge is -2.69. The second-order valence-corrected chi connectivity index (χ2v) is 25.5. The third-order valence-electron chi connectivity index (χ3n) is 20.7. The Bertz CT molecular complexity index is 3150. The summed E-state index contributed by atoms with van der Waals surface area (Å²) >= 11 is 0. The molecule has 2 spiro atoms. The summed E-state index contributed by atoms with van der Waals surface area (Å²) in [6.07, 6.45) is 18.2. The third kappa shape index (κ3) is 10.7. The molecule has 15 rings (SSSR count). The molecule has 4 bridgehead atoms. The maximum atomic E-state index is 14.6. The first-order chi connectivity index (χ1) is 40.8. The number of benzene rings is 4. The summed E-state index contributed by atoms with van der Waals surface area (Å²) in [5.41, 5.74) is 3.97. The Hall–Kier alpha value is -5.89. The first-order valence-electron chi connectivity index (χ1n) is 31.3. The van der Waals surface area contributed by atoms with Crippen LogP contribution in [0.2, 0.25) is 0 Å². The minimum atomic E-state index is -0.747. The van der Waals surface area contributed by atoms with E-state index in [2.05, 4.69) is 78.1 Å². The number of carbonyl (C=O) groups is 1. The number of quaternary nitrogens is 2. The average Bonchev–Trinajstić information content (AvgIpc) is 1.44. The van der Waals surface area contributed by atoms with Gasteiger partial charge in [0.15, 0.2) is 34.9 Å². The van der Waals surface area contributed by atoms with Crippen LogP contribution < -0.4 is 9.47 Å². The van der Waals surface area contributed by atoms with E-state index in [-0.39, 0.29) is 38.7 Å². The van der Waals surface area contributed by atoms with E-state index in [1.807, 2.05) is 38.1 Å². The van der Waals surface area contributed by atoms with E-state index in [1.54, 1.807) is 19.1 Å². The third-order valence-corrected chi connectivity index (χ3v) is 20.7. The molecule has 4 aromatic rings. The number of rotatable bonds is 14. The molecule has 84 heavy (non-hydrogen) atoms. The predicted molar refractivity (Wildman–Crippen MR) is 323 cm³/mol. The van der Waals surface area contributed by atoms with Crippen molar-refractivity contribution in [1.29, 1.82) is 0 Å². The Morgan fingerprint density at radius 2 is 1.14 bits per heavy atom. The monoisotopic (exact) mass is 1140 g/mol. The zero-order chi connectivity index (χ0) is 58.7. The minimum absolute atomic E-state index is 0.0730. The number of piperidine rings is 2. The summed E-state index contributed by atoms with van der Waals surface area (Å²) in [5, 5.41) is 61.8. The number of aliphatic hydroxyl groups excluding tert-OH is 1. The molecular formula is C71H86N2O11. The quantitative estimate of drug-likeness (QED) is 0.0475. The van der Waals surface area contributed by atoms with Gasteiger partial charge in [0.1, 0.15) is 29.4 Å². The van der Waals surface area contributed by atoms with Gasteiger partial charge in [0.05, 0.1) is 43.1 Å². The number of phenols is 2. The number of aromatic hydroxyl groups is 2. The van der Waals surface area contributed by atoms with Crippen molar-refractivity contribution in [2.45, 2.75) is 189 Å². The number of carbonyl (C=O) groups excluding carboxylic acids is 1. The molecule has 0 aromatic heterocycles. The number of terminal acetylenes is 1. The largest absolute Gasteiger partial charge is 0.632 e.